The number of hydrogen-bond acceptors (Lipinski definition) is 7. The summed E-state index contributed by atoms with van der Waals surface area (Å²) in [6.07, 6.45) is 0.600. The summed E-state index contributed by atoms with van der Waals surface area (Å²) < 4.78 is 7.00. The molecule has 0 saturated carbocycles. The van der Waals surface area contributed by atoms with E-state index in [9.17, 15) is 19.2 Å². The summed E-state index contributed by atoms with van der Waals surface area (Å²) in [7, 11) is 1.28. The Morgan fingerprint density at radius 3 is 2.45 bits per heavy atom. The Labute approximate surface area is 172 Å². The Kier molecular flexibility index (Phi) is 7.83. The molecule has 0 fully saturated rings. The largest absolute Gasteiger partial charge is 0.457 e. The first-order chi connectivity index (χ1) is 13.8. The molecule has 0 aliphatic carbocycles. The van der Waals surface area contributed by atoms with Crippen LogP contribution < -0.4 is 17.0 Å². The number of aryl methyl sites for hydroxylation is 1. The lowest BCUT2D eigenvalue weighted by Gasteiger charge is -2.13. The third kappa shape index (κ3) is 5.60. The van der Waals surface area contributed by atoms with Gasteiger partial charge in [-0.15, -0.1) is 11.8 Å². The van der Waals surface area contributed by atoms with E-state index in [1.807, 2.05) is 38.1 Å². The van der Waals surface area contributed by atoms with Crippen molar-refractivity contribution in [2.45, 2.75) is 32.6 Å². The number of ether oxygens (including phenoxy) is 1. The highest BCUT2D eigenvalue weighted by atomic mass is 32.2. The third-order valence-electron chi connectivity index (χ3n) is 4.28. The molecule has 1 aromatic heterocycles. The maximum Gasteiger partial charge on any atom is 0.332 e. The summed E-state index contributed by atoms with van der Waals surface area (Å²) in [6.45, 7) is 3.51. The lowest BCUT2D eigenvalue weighted by molar-refractivity contribution is -0.139. The molecule has 0 atom stereocenters. The molecule has 0 spiro atoms. The van der Waals surface area contributed by atoms with Gasteiger partial charge in [0.25, 0.3) is 5.56 Å². The highest BCUT2D eigenvalue weighted by Crippen LogP contribution is 2.13. The van der Waals surface area contributed by atoms with Gasteiger partial charge in [0, 0.05) is 19.3 Å². The number of ketones is 1. The normalized spacial score (nSPS) is 10.7. The van der Waals surface area contributed by atoms with Crippen LogP contribution in [0.5, 0.6) is 0 Å². The van der Waals surface area contributed by atoms with Crippen molar-refractivity contribution < 1.29 is 14.3 Å². The number of carbonyl (C=O) groups excluding carboxylic acids is 2. The molecule has 0 aliphatic rings. The maximum absolute atomic E-state index is 12.4. The number of anilines is 1. The van der Waals surface area contributed by atoms with Crippen molar-refractivity contribution in [3.8, 4) is 0 Å². The van der Waals surface area contributed by atoms with E-state index >= 15 is 0 Å². The average molecular weight is 420 g/mol. The maximum atomic E-state index is 12.4. The minimum absolute atomic E-state index is 0.0734. The standard InChI is InChI=1S/C20H25N3O5S/c1-4-9-23-18(21)17(19(26)22(3)20(23)27)15(24)10-28-16(25)12-29-11-14-7-5-13(2)6-8-14/h5-8H,4,9-12,21H2,1-3H3. The van der Waals surface area contributed by atoms with Crippen LogP contribution in [0.15, 0.2) is 33.9 Å². The zero-order chi connectivity index (χ0) is 21.6. The van der Waals surface area contributed by atoms with E-state index in [4.69, 9.17) is 10.5 Å². The number of Topliss-reactive ketones (excluding diaryl/α,β-unsaturated/α-hetero) is 1. The van der Waals surface area contributed by atoms with Gasteiger partial charge in [0.1, 0.15) is 11.4 Å². The molecule has 0 amide bonds. The van der Waals surface area contributed by atoms with Crippen LogP contribution in [0.25, 0.3) is 0 Å². The molecule has 0 radical (unpaired) electrons. The number of thioether (sulfide) groups is 1. The predicted molar refractivity (Wildman–Crippen MR) is 113 cm³/mol. The molecule has 8 nitrogen and oxygen atoms in total. The second-order valence-electron chi connectivity index (χ2n) is 6.62. The third-order valence-corrected chi connectivity index (χ3v) is 5.26. The second kappa shape index (κ2) is 10.1. The summed E-state index contributed by atoms with van der Waals surface area (Å²) in [5.41, 5.74) is 6.41. The van der Waals surface area contributed by atoms with Gasteiger partial charge in [-0.25, -0.2) is 4.79 Å². The number of nitrogens with zero attached hydrogens (tertiary/aromatic N) is 2. The lowest BCUT2D eigenvalue weighted by atomic mass is 10.2. The topological polar surface area (TPSA) is 113 Å². The molecule has 9 heteroatoms. The van der Waals surface area contributed by atoms with Gasteiger partial charge in [-0.2, -0.15) is 0 Å². The Balaban J connectivity index is 1.98. The van der Waals surface area contributed by atoms with E-state index in [1.54, 1.807) is 0 Å². The van der Waals surface area contributed by atoms with E-state index < -0.39 is 29.6 Å². The van der Waals surface area contributed by atoms with Crippen molar-refractivity contribution >= 4 is 29.3 Å². The summed E-state index contributed by atoms with van der Waals surface area (Å²) in [5.74, 6) is -0.782. The molecular weight excluding hydrogens is 394 g/mol. The van der Waals surface area contributed by atoms with Crippen molar-refractivity contribution in [2.75, 3.05) is 18.1 Å². The molecule has 2 aromatic rings. The van der Waals surface area contributed by atoms with E-state index in [2.05, 4.69) is 0 Å². The number of benzene rings is 1. The predicted octanol–water partition coefficient (Wildman–Crippen LogP) is 1.51. The van der Waals surface area contributed by atoms with Gasteiger partial charge in [-0.05, 0) is 18.9 Å². The van der Waals surface area contributed by atoms with Gasteiger partial charge in [-0.1, -0.05) is 36.8 Å². The molecule has 156 valence electrons. The fourth-order valence-corrected chi connectivity index (χ4v) is 3.46. The van der Waals surface area contributed by atoms with E-state index in [1.165, 1.54) is 23.4 Å². The number of carbonyl (C=O) groups is 2. The number of nitrogens with two attached hydrogens (primary N) is 1. The second-order valence-corrected chi connectivity index (χ2v) is 7.61. The van der Waals surface area contributed by atoms with Crippen molar-refractivity contribution in [1.29, 1.82) is 0 Å². The molecule has 2 N–H and O–H groups in total. The fourth-order valence-electron chi connectivity index (χ4n) is 2.68. The first kappa shape index (κ1) is 22.5. The number of hydrogen-bond donors (Lipinski definition) is 1. The van der Waals surface area contributed by atoms with Crippen LogP contribution in [0.3, 0.4) is 0 Å². The fraction of sp³-hybridized carbons (Fsp3) is 0.400. The summed E-state index contributed by atoms with van der Waals surface area (Å²) in [5, 5.41) is 0. The highest BCUT2D eigenvalue weighted by molar-refractivity contribution is 7.99. The monoisotopic (exact) mass is 419 g/mol. The molecule has 1 aromatic carbocycles. The van der Waals surface area contributed by atoms with Gasteiger partial charge in [0.05, 0.1) is 5.75 Å². The van der Waals surface area contributed by atoms with Crippen molar-refractivity contribution in [2.24, 2.45) is 7.05 Å². The summed E-state index contributed by atoms with van der Waals surface area (Å²) in [6, 6.07) is 7.97. The SMILES string of the molecule is CCCn1c(N)c(C(=O)COC(=O)CSCc2ccc(C)cc2)c(=O)n(C)c1=O. The summed E-state index contributed by atoms with van der Waals surface area (Å²) >= 11 is 1.37. The van der Waals surface area contributed by atoms with E-state index in [0.29, 0.717) is 12.2 Å². The minimum Gasteiger partial charge on any atom is -0.457 e. The zero-order valence-electron chi connectivity index (χ0n) is 16.8. The molecule has 0 bridgehead atoms. The zero-order valence-corrected chi connectivity index (χ0v) is 17.6. The molecule has 1 heterocycles. The number of aromatic nitrogens is 2. The van der Waals surface area contributed by atoms with Crippen LogP contribution in [0.4, 0.5) is 5.82 Å². The van der Waals surface area contributed by atoms with Crippen LogP contribution in [0.1, 0.15) is 34.8 Å². The van der Waals surface area contributed by atoms with Crippen LogP contribution in [0, 0.1) is 6.92 Å². The molecule has 0 unspecified atom stereocenters. The van der Waals surface area contributed by atoms with Gasteiger partial charge in [-0.3, -0.25) is 23.5 Å². The first-order valence-electron chi connectivity index (χ1n) is 9.17. The highest BCUT2D eigenvalue weighted by Gasteiger charge is 2.22. The Hall–Kier alpha value is -2.81. The van der Waals surface area contributed by atoms with Crippen molar-refractivity contribution in [1.82, 2.24) is 9.13 Å². The first-order valence-corrected chi connectivity index (χ1v) is 10.3. The molecule has 0 saturated heterocycles. The number of nitrogen functional groups attached to an aromatic ring is 1. The van der Waals surface area contributed by atoms with Crippen molar-refractivity contribution in [3.63, 3.8) is 0 Å². The molecule has 29 heavy (non-hydrogen) atoms. The van der Waals surface area contributed by atoms with Crippen LogP contribution in [-0.4, -0.2) is 33.2 Å². The summed E-state index contributed by atoms with van der Waals surface area (Å²) in [4.78, 5) is 48.8. The van der Waals surface area contributed by atoms with Gasteiger partial charge >= 0.3 is 11.7 Å². The van der Waals surface area contributed by atoms with Gasteiger partial charge in [0.2, 0.25) is 5.78 Å². The van der Waals surface area contributed by atoms with Gasteiger partial charge in [0.15, 0.2) is 6.61 Å². The quantitative estimate of drug-likeness (QED) is 0.484. The minimum atomic E-state index is -0.797. The number of esters is 1. The van der Waals surface area contributed by atoms with E-state index in [0.717, 1.165) is 15.7 Å². The van der Waals surface area contributed by atoms with Crippen LogP contribution in [-0.2, 0) is 28.9 Å². The Bertz CT molecular complexity index is 1010. The molecule has 2 rings (SSSR count). The Morgan fingerprint density at radius 2 is 1.83 bits per heavy atom. The lowest BCUT2D eigenvalue weighted by Crippen LogP contribution is -2.43. The Morgan fingerprint density at radius 1 is 1.17 bits per heavy atom. The number of rotatable bonds is 9. The molecule has 0 aliphatic heterocycles. The van der Waals surface area contributed by atoms with Gasteiger partial charge < -0.3 is 10.5 Å². The molecular formula is C20H25N3O5S. The average Bonchev–Trinajstić information content (AvgIpc) is 2.69. The van der Waals surface area contributed by atoms with E-state index in [-0.39, 0.29) is 23.7 Å². The smallest absolute Gasteiger partial charge is 0.332 e. The van der Waals surface area contributed by atoms with Crippen LogP contribution >= 0.6 is 11.8 Å². The van der Waals surface area contributed by atoms with Crippen LogP contribution in [0.2, 0.25) is 0 Å². The van der Waals surface area contributed by atoms with Crippen molar-refractivity contribution in [3.05, 3.63) is 61.8 Å².